The molecule has 1 N–H and O–H groups in total. The molecular weight excluding hydrogens is 360 g/mol. The van der Waals surface area contributed by atoms with E-state index in [2.05, 4.69) is 10.4 Å². The van der Waals surface area contributed by atoms with Crippen LogP contribution in [0.2, 0.25) is 0 Å². The zero-order valence-electron chi connectivity index (χ0n) is 16.1. The maximum absolute atomic E-state index is 12.5. The topological polar surface area (TPSA) is 67.2 Å². The number of aryl methyl sites for hydroxylation is 3. The lowest BCUT2D eigenvalue weighted by atomic mass is 10.1. The maximum atomic E-state index is 12.5. The SMILES string of the molecule is CSc1cccc(N2C[C@H](C(=O)NCCCn3nc(C)cc3C)CC2=O)c1. The number of amides is 2. The van der Waals surface area contributed by atoms with E-state index in [1.807, 2.05) is 55.1 Å². The summed E-state index contributed by atoms with van der Waals surface area (Å²) in [5.41, 5.74) is 3.00. The second-order valence-corrected chi connectivity index (χ2v) is 7.78. The Morgan fingerprint density at radius 1 is 1.33 bits per heavy atom. The molecule has 2 amide bonds. The molecule has 0 aliphatic carbocycles. The van der Waals surface area contributed by atoms with Gasteiger partial charge < -0.3 is 10.2 Å². The van der Waals surface area contributed by atoms with Crippen LogP contribution in [0.3, 0.4) is 0 Å². The average molecular weight is 387 g/mol. The Labute approximate surface area is 164 Å². The van der Waals surface area contributed by atoms with E-state index in [9.17, 15) is 9.59 Å². The second-order valence-electron chi connectivity index (χ2n) is 6.90. The van der Waals surface area contributed by atoms with Gasteiger partial charge in [-0.1, -0.05) is 6.07 Å². The van der Waals surface area contributed by atoms with E-state index in [4.69, 9.17) is 0 Å². The van der Waals surface area contributed by atoms with Gasteiger partial charge in [-0.15, -0.1) is 11.8 Å². The fourth-order valence-corrected chi connectivity index (χ4v) is 3.85. The van der Waals surface area contributed by atoms with Crippen LogP contribution in [0.4, 0.5) is 5.69 Å². The Bertz CT molecular complexity index is 833. The lowest BCUT2D eigenvalue weighted by Gasteiger charge is -2.17. The molecule has 1 aliphatic heterocycles. The first-order valence-corrected chi connectivity index (χ1v) is 10.4. The molecule has 0 unspecified atom stereocenters. The molecular formula is C20H26N4O2S. The molecule has 2 aromatic rings. The minimum Gasteiger partial charge on any atom is -0.356 e. The number of carbonyl (C=O) groups excluding carboxylic acids is 2. The molecule has 0 bridgehead atoms. The van der Waals surface area contributed by atoms with Gasteiger partial charge >= 0.3 is 0 Å². The van der Waals surface area contributed by atoms with Crippen molar-refractivity contribution in [2.45, 2.75) is 38.1 Å². The number of hydrogen-bond acceptors (Lipinski definition) is 4. The van der Waals surface area contributed by atoms with Gasteiger partial charge in [0.25, 0.3) is 0 Å². The molecule has 1 atom stereocenters. The lowest BCUT2D eigenvalue weighted by molar-refractivity contribution is -0.126. The lowest BCUT2D eigenvalue weighted by Crippen LogP contribution is -2.33. The number of thioether (sulfide) groups is 1. The molecule has 144 valence electrons. The third-order valence-electron chi connectivity index (χ3n) is 4.81. The van der Waals surface area contributed by atoms with E-state index < -0.39 is 0 Å². The summed E-state index contributed by atoms with van der Waals surface area (Å²) in [6.07, 6.45) is 3.09. The number of aromatic nitrogens is 2. The molecule has 27 heavy (non-hydrogen) atoms. The molecule has 1 aromatic heterocycles. The Morgan fingerprint density at radius 2 is 2.15 bits per heavy atom. The van der Waals surface area contributed by atoms with Gasteiger partial charge in [0.15, 0.2) is 0 Å². The minimum atomic E-state index is -0.288. The van der Waals surface area contributed by atoms with Gasteiger partial charge in [0, 0.05) is 42.3 Å². The summed E-state index contributed by atoms with van der Waals surface area (Å²) in [5.74, 6) is -0.319. The molecule has 0 radical (unpaired) electrons. The molecule has 1 aliphatic rings. The van der Waals surface area contributed by atoms with Crippen LogP contribution in [0, 0.1) is 19.8 Å². The highest BCUT2D eigenvalue weighted by Crippen LogP contribution is 2.28. The largest absolute Gasteiger partial charge is 0.356 e. The monoisotopic (exact) mass is 386 g/mol. The molecule has 1 saturated heterocycles. The zero-order valence-corrected chi connectivity index (χ0v) is 16.9. The Hall–Kier alpha value is -2.28. The van der Waals surface area contributed by atoms with Crippen LogP contribution >= 0.6 is 11.8 Å². The number of hydrogen-bond donors (Lipinski definition) is 1. The van der Waals surface area contributed by atoms with E-state index in [1.165, 1.54) is 0 Å². The van der Waals surface area contributed by atoms with Crippen molar-refractivity contribution < 1.29 is 9.59 Å². The summed E-state index contributed by atoms with van der Waals surface area (Å²) in [7, 11) is 0. The van der Waals surface area contributed by atoms with Gasteiger partial charge in [0.2, 0.25) is 11.8 Å². The van der Waals surface area contributed by atoms with Crippen LogP contribution in [-0.4, -0.2) is 40.9 Å². The molecule has 7 heteroatoms. The zero-order chi connectivity index (χ0) is 19.4. The molecule has 3 rings (SSSR count). The summed E-state index contributed by atoms with van der Waals surface area (Å²) in [4.78, 5) is 27.7. The van der Waals surface area contributed by atoms with Crippen LogP contribution in [0.25, 0.3) is 0 Å². The van der Waals surface area contributed by atoms with Gasteiger partial charge in [0.05, 0.1) is 11.6 Å². The maximum Gasteiger partial charge on any atom is 0.227 e. The number of carbonyl (C=O) groups is 2. The first-order chi connectivity index (χ1) is 13.0. The van der Waals surface area contributed by atoms with Crippen molar-refractivity contribution in [2.75, 3.05) is 24.2 Å². The predicted molar refractivity (Wildman–Crippen MR) is 108 cm³/mol. The Morgan fingerprint density at radius 3 is 2.85 bits per heavy atom. The van der Waals surface area contributed by atoms with Crippen LogP contribution in [0.15, 0.2) is 35.2 Å². The molecule has 6 nitrogen and oxygen atoms in total. The molecule has 0 saturated carbocycles. The van der Waals surface area contributed by atoms with Crippen molar-refractivity contribution in [3.05, 3.63) is 41.7 Å². The number of benzene rings is 1. The van der Waals surface area contributed by atoms with Crippen LogP contribution in [0.1, 0.15) is 24.2 Å². The normalized spacial score (nSPS) is 16.8. The fourth-order valence-electron chi connectivity index (χ4n) is 3.40. The first-order valence-electron chi connectivity index (χ1n) is 9.21. The van der Waals surface area contributed by atoms with Crippen molar-refractivity contribution in [2.24, 2.45) is 5.92 Å². The number of anilines is 1. The highest BCUT2D eigenvalue weighted by atomic mass is 32.2. The predicted octanol–water partition coefficient (Wildman–Crippen LogP) is 2.78. The third-order valence-corrected chi connectivity index (χ3v) is 5.54. The summed E-state index contributed by atoms with van der Waals surface area (Å²) >= 11 is 1.64. The standard InChI is InChI=1S/C20H26N4O2S/c1-14-10-15(2)24(22-14)9-5-8-21-20(26)16-11-19(25)23(13-16)17-6-4-7-18(12-17)27-3/h4,6-7,10,12,16H,5,8-9,11,13H2,1-3H3,(H,21,26)/t16-/m1/s1. The van der Waals surface area contributed by atoms with Gasteiger partial charge in [0.1, 0.15) is 0 Å². The third kappa shape index (κ3) is 4.71. The van der Waals surface area contributed by atoms with Crippen LogP contribution in [0.5, 0.6) is 0 Å². The van der Waals surface area contributed by atoms with Crippen molar-refractivity contribution in [3.63, 3.8) is 0 Å². The molecule has 1 aromatic carbocycles. The number of nitrogens with one attached hydrogen (secondary N) is 1. The van der Waals surface area contributed by atoms with Gasteiger partial charge in [-0.2, -0.15) is 5.10 Å². The van der Waals surface area contributed by atoms with Gasteiger partial charge in [-0.25, -0.2) is 0 Å². The average Bonchev–Trinajstić information content (AvgIpc) is 3.20. The van der Waals surface area contributed by atoms with E-state index in [0.29, 0.717) is 13.1 Å². The van der Waals surface area contributed by atoms with Gasteiger partial charge in [-0.05, 0) is 50.8 Å². The van der Waals surface area contributed by atoms with Gasteiger partial charge in [-0.3, -0.25) is 14.3 Å². The second kappa shape index (κ2) is 8.61. The number of rotatable bonds is 7. The van der Waals surface area contributed by atoms with Crippen LogP contribution < -0.4 is 10.2 Å². The van der Waals surface area contributed by atoms with Crippen molar-refractivity contribution in [1.82, 2.24) is 15.1 Å². The highest BCUT2D eigenvalue weighted by Gasteiger charge is 2.34. The Balaban J connectivity index is 1.49. The highest BCUT2D eigenvalue weighted by molar-refractivity contribution is 7.98. The fraction of sp³-hybridized carbons (Fsp3) is 0.450. The molecule has 0 spiro atoms. The van der Waals surface area contributed by atoms with E-state index >= 15 is 0 Å². The summed E-state index contributed by atoms with van der Waals surface area (Å²) in [6.45, 7) is 5.81. The molecule has 1 fully saturated rings. The quantitative estimate of drug-likeness (QED) is 0.587. The van der Waals surface area contributed by atoms with E-state index in [1.54, 1.807) is 16.7 Å². The van der Waals surface area contributed by atoms with Crippen LogP contribution in [-0.2, 0) is 16.1 Å². The van der Waals surface area contributed by atoms with E-state index in [0.717, 1.165) is 34.9 Å². The summed E-state index contributed by atoms with van der Waals surface area (Å²) in [6, 6.07) is 9.93. The smallest absolute Gasteiger partial charge is 0.227 e. The summed E-state index contributed by atoms with van der Waals surface area (Å²) in [5, 5.41) is 7.40. The van der Waals surface area contributed by atoms with Crippen molar-refractivity contribution in [3.8, 4) is 0 Å². The minimum absolute atomic E-state index is 0.0102. The van der Waals surface area contributed by atoms with Crippen molar-refractivity contribution >= 4 is 29.3 Å². The number of nitrogens with zero attached hydrogens (tertiary/aromatic N) is 3. The Kier molecular flexibility index (Phi) is 6.21. The van der Waals surface area contributed by atoms with E-state index in [-0.39, 0.29) is 24.2 Å². The van der Waals surface area contributed by atoms with Crippen molar-refractivity contribution in [1.29, 1.82) is 0 Å². The summed E-state index contributed by atoms with van der Waals surface area (Å²) < 4.78 is 1.96. The molecule has 2 heterocycles. The first kappa shape index (κ1) is 19.5.